The Morgan fingerprint density at radius 1 is 0.849 bits per heavy atom. The van der Waals surface area contributed by atoms with Gasteiger partial charge in [0.1, 0.15) is 6.04 Å². The third-order valence-electron chi connectivity index (χ3n) is 8.86. The molecule has 0 saturated heterocycles. The number of sulfonamides is 1. The number of aromatic nitrogens is 2. The average molecular weight is 746 g/mol. The summed E-state index contributed by atoms with van der Waals surface area (Å²) >= 11 is 0. The summed E-state index contributed by atoms with van der Waals surface area (Å²) in [6.07, 6.45) is 3.02. The Hall–Kier alpha value is -5.08. The zero-order valence-electron chi connectivity index (χ0n) is 31.4. The minimum absolute atomic E-state index is 0.0165. The van der Waals surface area contributed by atoms with Gasteiger partial charge in [0.2, 0.25) is 21.8 Å². The first-order valence-electron chi connectivity index (χ1n) is 17.8. The van der Waals surface area contributed by atoms with Crippen molar-refractivity contribution in [2.45, 2.75) is 78.0 Å². The third kappa shape index (κ3) is 11.7. The molecule has 0 bridgehead atoms. The fraction of sp³-hybridized carbons (Fsp3) is 0.410. The van der Waals surface area contributed by atoms with E-state index >= 15 is 0 Å². The van der Waals surface area contributed by atoms with Gasteiger partial charge in [-0.1, -0.05) is 86.6 Å². The van der Waals surface area contributed by atoms with E-state index in [1.807, 2.05) is 88.4 Å². The third-order valence-corrected chi connectivity index (χ3v) is 10.1. The SMILES string of the molecule is CCCc1noc([C@@H](NC(=O)[C@H](C)NC[C@H](Cc2ccccc2)NC(=O)c2cc(C(=O)N[C@H](C)c3ccccc3)cc(N(C)S(C)(=O)=O)c2)C(C)C)n1. The van der Waals surface area contributed by atoms with E-state index in [2.05, 4.69) is 31.4 Å². The molecule has 0 unspecified atom stereocenters. The molecule has 4 rings (SSSR count). The molecule has 0 radical (unpaired) electrons. The molecule has 3 amide bonds. The zero-order valence-corrected chi connectivity index (χ0v) is 32.2. The lowest BCUT2D eigenvalue weighted by Crippen LogP contribution is -2.50. The van der Waals surface area contributed by atoms with Gasteiger partial charge in [0, 0.05) is 37.2 Å². The largest absolute Gasteiger partial charge is 0.348 e. The second kappa shape index (κ2) is 18.6. The number of carbonyl (C=O) groups excluding carboxylic acids is 3. The number of nitrogens with one attached hydrogen (secondary N) is 4. The van der Waals surface area contributed by atoms with Gasteiger partial charge in [0.15, 0.2) is 5.82 Å². The Bertz CT molecular complexity index is 1940. The Labute approximate surface area is 312 Å². The van der Waals surface area contributed by atoms with Gasteiger partial charge < -0.3 is 25.8 Å². The number of hydrogen-bond donors (Lipinski definition) is 4. The molecular weight excluding hydrogens is 695 g/mol. The lowest BCUT2D eigenvalue weighted by atomic mass is 10.0. The van der Waals surface area contributed by atoms with Gasteiger partial charge in [0.25, 0.3) is 11.8 Å². The topological polar surface area (TPSA) is 176 Å². The molecule has 1 aromatic heterocycles. The van der Waals surface area contributed by atoms with Gasteiger partial charge in [-0.15, -0.1) is 0 Å². The van der Waals surface area contributed by atoms with E-state index in [4.69, 9.17) is 4.52 Å². The molecule has 13 nitrogen and oxygen atoms in total. The second-order valence-corrected chi connectivity index (χ2v) is 15.6. The molecule has 53 heavy (non-hydrogen) atoms. The Kier molecular flexibility index (Phi) is 14.3. The van der Waals surface area contributed by atoms with Crippen molar-refractivity contribution in [3.8, 4) is 0 Å². The van der Waals surface area contributed by atoms with Crippen molar-refractivity contribution < 1.29 is 27.3 Å². The van der Waals surface area contributed by atoms with Crippen molar-refractivity contribution in [1.82, 2.24) is 31.4 Å². The van der Waals surface area contributed by atoms with Gasteiger partial charge in [-0.2, -0.15) is 4.98 Å². The summed E-state index contributed by atoms with van der Waals surface area (Å²) in [5.41, 5.74) is 2.22. The van der Waals surface area contributed by atoms with Crippen molar-refractivity contribution >= 4 is 33.4 Å². The van der Waals surface area contributed by atoms with E-state index in [1.165, 1.54) is 25.2 Å². The van der Waals surface area contributed by atoms with E-state index in [-0.39, 0.29) is 41.2 Å². The number of aryl methyl sites for hydroxylation is 1. The second-order valence-electron chi connectivity index (χ2n) is 13.6. The molecule has 4 N–H and O–H groups in total. The van der Waals surface area contributed by atoms with Crippen LogP contribution in [0.5, 0.6) is 0 Å². The van der Waals surface area contributed by atoms with Crippen molar-refractivity contribution in [2.24, 2.45) is 5.92 Å². The lowest BCUT2D eigenvalue weighted by Gasteiger charge is -2.25. The molecular formula is C39H51N7O6S. The Morgan fingerprint density at radius 2 is 1.45 bits per heavy atom. The first-order chi connectivity index (χ1) is 25.2. The van der Waals surface area contributed by atoms with Gasteiger partial charge >= 0.3 is 0 Å². The van der Waals surface area contributed by atoms with Crippen molar-refractivity contribution in [1.29, 1.82) is 0 Å². The number of hydrogen-bond acceptors (Lipinski definition) is 9. The molecule has 0 aliphatic rings. The molecule has 0 aliphatic heterocycles. The summed E-state index contributed by atoms with van der Waals surface area (Å²) in [6.45, 7) is 9.73. The fourth-order valence-electron chi connectivity index (χ4n) is 5.62. The quantitative estimate of drug-likeness (QED) is 0.112. The van der Waals surface area contributed by atoms with Gasteiger partial charge in [-0.25, -0.2) is 8.42 Å². The van der Waals surface area contributed by atoms with Crippen LogP contribution in [0.3, 0.4) is 0 Å². The number of anilines is 1. The summed E-state index contributed by atoms with van der Waals surface area (Å²) in [7, 11) is -2.36. The van der Waals surface area contributed by atoms with Crippen LogP contribution >= 0.6 is 0 Å². The first kappa shape index (κ1) is 40.7. The number of amides is 3. The smallest absolute Gasteiger partial charge is 0.251 e. The van der Waals surface area contributed by atoms with E-state index < -0.39 is 40.0 Å². The molecule has 0 spiro atoms. The van der Waals surface area contributed by atoms with E-state index in [1.54, 1.807) is 6.92 Å². The molecule has 284 valence electrons. The van der Waals surface area contributed by atoms with Crippen LogP contribution < -0.4 is 25.6 Å². The highest BCUT2D eigenvalue weighted by Crippen LogP contribution is 2.23. The molecule has 0 aliphatic carbocycles. The molecule has 4 atom stereocenters. The monoisotopic (exact) mass is 745 g/mol. The fourth-order valence-corrected chi connectivity index (χ4v) is 6.10. The summed E-state index contributed by atoms with van der Waals surface area (Å²) in [5, 5.41) is 16.3. The van der Waals surface area contributed by atoms with Crippen molar-refractivity contribution in [3.05, 3.63) is 113 Å². The molecule has 14 heteroatoms. The van der Waals surface area contributed by atoms with Crippen molar-refractivity contribution in [3.63, 3.8) is 0 Å². The van der Waals surface area contributed by atoms with Gasteiger partial charge in [-0.3, -0.25) is 18.7 Å². The zero-order chi connectivity index (χ0) is 38.7. The van der Waals surface area contributed by atoms with Crippen LogP contribution in [0.25, 0.3) is 0 Å². The molecule has 3 aromatic carbocycles. The average Bonchev–Trinajstić information content (AvgIpc) is 3.60. The predicted octanol–water partition coefficient (Wildman–Crippen LogP) is 4.74. The first-order valence-corrected chi connectivity index (χ1v) is 19.7. The normalized spacial score (nSPS) is 13.8. The highest BCUT2D eigenvalue weighted by atomic mass is 32.2. The standard InChI is InChI=1S/C39H51N7O6S/c1-8-15-34-43-39(52-45-34)35(25(2)3)44-36(47)27(5)40-24-32(20-28-16-11-9-12-17-28)42-38(49)31-21-30(22-33(23-31)46(6)53(7,50)51)37(48)41-26(4)29-18-13-10-14-19-29/h9-14,16-19,21-23,25-27,32,35,40H,8,15,20,24H2,1-7H3,(H,41,48)(H,42,49)(H,44,47)/t26-,27+,32+,35+/m1/s1. The molecule has 0 fully saturated rings. The minimum Gasteiger partial charge on any atom is -0.348 e. The highest BCUT2D eigenvalue weighted by Gasteiger charge is 2.27. The molecule has 1 heterocycles. The van der Waals surface area contributed by atoms with Crippen molar-refractivity contribution in [2.75, 3.05) is 24.2 Å². The summed E-state index contributed by atoms with van der Waals surface area (Å²) in [5.74, 6) is -0.334. The van der Waals surface area contributed by atoms with Crippen LogP contribution in [0.15, 0.2) is 83.4 Å². The molecule has 4 aromatic rings. The van der Waals surface area contributed by atoms with E-state index in [0.717, 1.165) is 28.1 Å². The Morgan fingerprint density at radius 3 is 2.04 bits per heavy atom. The summed E-state index contributed by atoms with van der Waals surface area (Å²) < 4.78 is 31.5. The van der Waals surface area contributed by atoms with E-state index in [9.17, 15) is 22.8 Å². The van der Waals surface area contributed by atoms with Gasteiger partial charge in [0.05, 0.1) is 24.0 Å². The van der Waals surface area contributed by atoms with Crippen LogP contribution in [0.2, 0.25) is 0 Å². The lowest BCUT2D eigenvalue weighted by molar-refractivity contribution is -0.124. The number of carbonyl (C=O) groups is 3. The minimum atomic E-state index is -3.72. The Balaban J connectivity index is 1.54. The van der Waals surface area contributed by atoms with Crippen LogP contribution in [0.4, 0.5) is 5.69 Å². The number of nitrogens with zero attached hydrogens (tertiary/aromatic N) is 3. The summed E-state index contributed by atoms with van der Waals surface area (Å²) in [6, 6.07) is 21.3. The van der Waals surface area contributed by atoms with Crippen LogP contribution in [0, 0.1) is 5.92 Å². The maximum Gasteiger partial charge on any atom is 0.251 e. The number of rotatable bonds is 18. The van der Waals surface area contributed by atoms with Crippen LogP contribution in [-0.2, 0) is 27.7 Å². The van der Waals surface area contributed by atoms with Crippen LogP contribution in [0.1, 0.15) is 96.7 Å². The predicted molar refractivity (Wildman–Crippen MR) is 205 cm³/mol. The highest BCUT2D eigenvalue weighted by molar-refractivity contribution is 7.92. The molecule has 0 saturated carbocycles. The maximum absolute atomic E-state index is 14.0. The van der Waals surface area contributed by atoms with Crippen LogP contribution in [-0.4, -0.2) is 68.2 Å². The number of benzene rings is 3. The summed E-state index contributed by atoms with van der Waals surface area (Å²) in [4.78, 5) is 45.3. The maximum atomic E-state index is 14.0. The van der Waals surface area contributed by atoms with E-state index in [0.29, 0.717) is 24.6 Å². The van der Waals surface area contributed by atoms with Gasteiger partial charge in [-0.05, 0) is 61.9 Å².